The number of rotatable bonds is 8. The van der Waals surface area contributed by atoms with Gasteiger partial charge in [0.25, 0.3) is 0 Å². The predicted octanol–water partition coefficient (Wildman–Crippen LogP) is 3.79. The van der Waals surface area contributed by atoms with Gasteiger partial charge in [0, 0.05) is 42.3 Å². The lowest BCUT2D eigenvalue weighted by atomic mass is 10.1. The summed E-state index contributed by atoms with van der Waals surface area (Å²) in [4.78, 5) is 18.5. The molecule has 0 atom stereocenters. The number of hydrogen-bond acceptors (Lipinski definition) is 6. The van der Waals surface area contributed by atoms with Gasteiger partial charge in [-0.2, -0.15) is 0 Å². The molecule has 0 aliphatic carbocycles. The van der Waals surface area contributed by atoms with Crippen molar-refractivity contribution in [3.05, 3.63) is 35.5 Å². The van der Waals surface area contributed by atoms with E-state index in [0.717, 1.165) is 53.6 Å². The highest BCUT2D eigenvalue weighted by molar-refractivity contribution is 7.99. The number of aryl methyl sites for hydroxylation is 1. The quantitative estimate of drug-likeness (QED) is 0.435. The molecule has 1 fully saturated rings. The highest BCUT2D eigenvalue weighted by Gasteiger charge is 2.22. The number of ether oxygens (including phenoxy) is 1. The van der Waals surface area contributed by atoms with Crippen molar-refractivity contribution in [1.82, 2.24) is 19.7 Å². The molecule has 3 aromatic rings. The van der Waals surface area contributed by atoms with Crippen molar-refractivity contribution in [3.63, 3.8) is 0 Å². The molecule has 0 unspecified atom stereocenters. The Labute approximate surface area is 181 Å². The van der Waals surface area contributed by atoms with Crippen LogP contribution in [0.5, 0.6) is 0 Å². The molecule has 0 radical (unpaired) electrons. The molecular weight excluding hydrogens is 398 g/mol. The Morgan fingerprint density at radius 2 is 2.07 bits per heavy atom. The van der Waals surface area contributed by atoms with Crippen LogP contribution in [0.4, 0.5) is 5.95 Å². The van der Waals surface area contributed by atoms with Gasteiger partial charge < -0.3 is 14.6 Å². The number of anilines is 1. The van der Waals surface area contributed by atoms with Crippen molar-refractivity contribution in [2.75, 3.05) is 37.0 Å². The zero-order valence-corrected chi connectivity index (χ0v) is 18.7. The molecule has 8 heteroatoms. The van der Waals surface area contributed by atoms with Crippen molar-refractivity contribution in [2.24, 2.45) is 5.92 Å². The summed E-state index contributed by atoms with van der Waals surface area (Å²) >= 11 is 1.47. The van der Waals surface area contributed by atoms with Crippen LogP contribution in [0.1, 0.15) is 36.7 Å². The average Bonchev–Trinajstić information content (AvgIpc) is 3.36. The Morgan fingerprint density at radius 3 is 2.80 bits per heavy atom. The maximum absolute atomic E-state index is 13.0. The van der Waals surface area contributed by atoms with Crippen LogP contribution in [0.3, 0.4) is 0 Å². The van der Waals surface area contributed by atoms with Crippen LogP contribution in [-0.4, -0.2) is 57.6 Å². The number of aromatic nitrogens is 4. The molecule has 1 aromatic carbocycles. The van der Waals surface area contributed by atoms with Gasteiger partial charge in [-0.25, -0.2) is 0 Å². The number of benzene rings is 1. The molecule has 3 heterocycles. The zero-order valence-electron chi connectivity index (χ0n) is 17.9. The van der Waals surface area contributed by atoms with E-state index in [4.69, 9.17) is 4.74 Å². The number of fused-ring (bicyclic) bond motifs is 1. The molecular formula is C22H29N5O2S. The minimum Gasteiger partial charge on any atom is -0.378 e. The molecule has 30 heavy (non-hydrogen) atoms. The first-order valence-corrected chi connectivity index (χ1v) is 11.6. The van der Waals surface area contributed by atoms with E-state index in [0.29, 0.717) is 24.9 Å². The Kier molecular flexibility index (Phi) is 6.43. The van der Waals surface area contributed by atoms with Gasteiger partial charge in [0.05, 0.1) is 19.0 Å². The van der Waals surface area contributed by atoms with Crippen molar-refractivity contribution in [2.45, 2.75) is 38.9 Å². The van der Waals surface area contributed by atoms with Gasteiger partial charge in [-0.1, -0.05) is 50.7 Å². The van der Waals surface area contributed by atoms with Crippen LogP contribution < -0.4 is 4.90 Å². The fraction of sp³-hybridized carbons (Fsp3) is 0.500. The third-order valence-electron chi connectivity index (χ3n) is 5.35. The number of nitrogens with one attached hydrogen (secondary N) is 1. The number of nitrogens with zero attached hydrogens (tertiary/aromatic N) is 4. The first-order valence-electron chi connectivity index (χ1n) is 10.6. The van der Waals surface area contributed by atoms with E-state index in [-0.39, 0.29) is 5.78 Å². The normalized spacial score (nSPS) is 14.7. The first kappa shape index (κ1) is 20.9. The molecule has 1 saturated heterocycles. The maximum Gasteiger partial charge on any atom is 0.228 e. The molecule has 0 amide bonds. The molecule has 0 spiro atoms. The second-order valence-electron chi connectivity index (χ2n) is 7.99. The Balaban J connectivity index is 1.53. The van der Waals surface area contributed by atoms with Gasteiger partial charge in [0.15, 0.2) is 10.9 Å². The molecule has 160 valence electrons. The summed E-state index contributed by atoms with van der Waals surface area (Å²) in [5.41, 5.74) is 3.04. The summed E-state index contributed by atoms with van der Waals surface area (Å²) in [6, 6.07) is 6.14. The summed E-state index contributed by atoms with van der Waals surface area (Å²) in [6.07, 6.45) is 2.77. The van der Waals surface area contributed by atoms with Crippen LogP contribution in [0.25, 0.3) is 10.9 Å². The molecule has 1 aliphatic rings. The first-order chi connectivity index (χ1) is 14.6. The molecule has 2 aromatic heterocycles. The minimum atomic E-state index is 0.103. The standard InChI is InChI=1S/C22H29N5O2S/c1-4-16-6-5-7-17-18(12-23-20(16)17)19(28)14-30-22-25-24-21(27(22)13-15(2)3)26-8-10-29-11-9-26/h5-7,12,15,23H,4,8-11,13-14H2,1-3H3. The Hall–Kier alpha value is -2.32. The van der Waals surface area contributed by atoms with E-state index in [1.54, 1.807) is 0 Å². The van der Waals surface area contributed by atoms with E-state index >= 15 is 0 Å². The summed E-state index contributed by atoms with van der Waals surface area (Å²) in [5, 5.41) is 10.7. The van der Waals surface area contributed by atoms with E-state index in [1.165, 1.54) is 17.3 Å². The molecule has 1 N–H and O–H groups in total. The van der Waals surface area contributed by atoms with Crippen LogP contribution in [0.15, 0.2) is 29.6 Å². The van der Waals surface area contributed by atoms with Crippen molar-refractivity contribution < 1.29 is 9.53 Å². The van der Waals surface area contributed by atoms with E-state index in [9.17, 15) is 4.79 Å². The molecule has 0 saturated carbocycles. The molecule has 7 nitrogen and oxygen atoms in total. The summed E-state index contributed by atoms with van der Waals surface area (Å²) in [6.45, 7) is 10.3. The van der Waals surface area contributed by atoms with Crippen molar-refractivity contribution in [1.29, 1.82) is 0 Å². The average molecular weight is 428 g/mol. The smallest absolute Gasteiger partial charge is 0.228 e. The third kappa shape index (κ3) is 4.25. The zero-order chi connectivity index (χ0) is 21.1. The second-order valence-corrected chi connectivity index (χ2v) is 8.94. The predicted molar refractivity (Wildman–Crippen MR) is 121 cm³/mol. The molecule has 0 bridgehead atoms. The fourth-order valence-electron chi connectivity index (χ4n) is 3.86. The summed E-state index contributed by atoms with van der Waals surface area (Å²) in [5.74, 6) is 1.77. The van der Waals surface area contributed by atoms with Crippen LogP contribution >= 0.6 is 11.8 Å². The van der Waals surface area contributed by atoms with Crippen LogP contribution in [0.2, 0.25) is 0 Å². The highest BCUT2D eigenvalue weighted by Crippen LogP contribution is 2.27. The second kappa shape index (κ2) is 9.22. The lowest BCUT2D eigenvalue weighted by Crippen LogP contribution is -2.38. The highest BCUT2D eigenvalue weighted by atomic mass is 32.2. The summed E-state index contributed by atoms with van der Waals surface area (Å²) in [7, 11) is 0. The number of carbonyl (C=O) groups excluding carboxylic acids is 1. The lowest BCUT2D eigenvalue weighted by Gasteiger charge is -2.28. The fourth-order valence-corrected chi connectivity index (χ4v) is 4.69. The number of Topliss-reactive ketones (excluding diaryl/α,β-unsaturated/α-hetero) is 1. The van der Waals surface area contributed by atoms with E-state index in [2.05, 4.69) is 51.5 Å². The SMILES string of the molecule is CCc1cccc2c(C(=O)CSc3nnc(N4CCOCC4)n3CC(C)C)c[nH]c12. The Morgan fingerprint density at radius 1 is 1.27 bits per heavy atom. The van der Waals surface area contributed by atoms with Gasteiger partial charge in [0.1, 0.15) is 0 Å². The number of hydrogen-bond donors (Lipinski definition) is 1. The third-order valence-corrected chi connectivity index (χ3v) is 6.32. The maximum atomic E-state index is 13.0. The van der Waals surface area contributed by atoms with Gasteiger partial charge >= 0.3 is 0 Å². The number of carbonyl (C=O) groups is 1. The number of morpholine rings is 1. The number of thioether (sulfide) groups is 1. The number of ketones is 1. The van der Waals surface area contributed by atoms with Crippen molar-refractivity contribution in [3.8, 4) is 0 Å². The Bertz CT molecular complexity index is 1020. The lowest BCUT2D eigenvalue weighted by molar-refractivity contribution is 0.102. The van der Waals surface area contributed by atoms with Gasteiger partial charge in [-0.15, -0.1) is 10.2 Å². The number of para-hydroxylation sites is 1. The summed E-state index contributed by atoms with van der Waals surface area (Å²) < 4.78 is 7.62. The van der Waals surface area contributed by atoms with Crippen LogP contribution in [0, 0.1) is 5.92 Å². The number of aromatic amines is 1. The largest absolute Gasteiger partial charge is 0.378 e. The number of H-pyrrole nitrogens is 1. The van der Waals surface area contributed by atoms with Crippen molar-refractivity contribution >= 4 is 34.4 Å². The minimum absolute atomic E-state index is 0.103. The van der Waals surface area contributed by atoms with E-state index in [1.807, 2.05) is 18.3 Å². The topological polar surface area (TPSA) is 76.0 Å². The van der Waals surface area contributed by atoms with E-state index < -0.39 is 0 Å². The van der Waals surface area contributed by atoms with Gasteiger partial charge in [-0.3, -0.25) is 9.36 Å². The van der Waals surface area contributed by atoms with Crippen LogP contribution in [-0.2, 0) is 17.7 Å². The monoisotopic (exact) mass is 427 g/mol. The molecule has 4 rings (SSSR count). The van der Waals surface area contributed by atoms with Gasteiger partial charge in [-0.05, 0) is 17.9 Å². The molecule has 1 aliphatic heterocycles. The van der Waals surface area contributed by atoms with Gasteiger partial charge in [0.2, 0.25) is 5.95 Å².